The molecule has 124 valence electrons. The molecule has 1 atom stereocenters. The summed E-state index contributed by atoms with van der Waals surface area (Å²) in [5.41, 5.74) is 4.20. The van der Waals surface area contributed by atoms with Gasteiger partial charge in [-0.05, 0) is 37.1 Å². The van der Waals surface area contributed by atoms with Crippen molar-refractivity contribution in [1.82, 2.24) is 9.97 Å². The van der Waals surface area contributed by atoms with Crippen LogP contribution in [0, 0.1) is 5.92 Å². The van der Waals surface area contributed by atoms with Gasteiger partial charge in [-0.1, -0.05) is 36.0 Å². The van der Waals surface area contributed by atoms with E-state index in [1.165, 1.54) is 0 Å². The number of hydrogen-bond donors (Lipinski definition) is 1. The van der Waals surface area contributed by atoms with Gasteiger partial charge in [-0.15, -0.1) is 0 Å². The van der Waals surface area contributed by atoms with E-state index in [0.717, 1.165) is 51.8 Å². The van der Waals surface area contributed by atoms with Gasteiger partial charge in [0.2, 0.25) is 5.91 Å². The van der Waals surface area contributed by atoms with Crippen LogP contribution in [0.25, 0.3) is 0 Å². The molecule has 2 aromatic carbocycles. The lowest BCUT2D eigenvalue weighted by molar-refractivity contribution is -0.122. The number of nitrogens with zero attached hydrogens (tertiary/aromatic N) is 2. The average Bonchev–Trinajstić information content (AvgIpc) is 3.13. The van der Waals surface area contributed by atoms with E-state index in [1.807, 2.05) is 41.3 Å². The largest absolute Gasteiger partial charge is 0.348 e. The van der Waals surface area contributed by atoms with Crippen molar-refractivity contribution < 1.29 is 4.79 Å². The third-order valence-electron chi connectivity index (χ3n) is 4.99. The Bertz CT molecular complexity index is 919. The van der Waals surface area contributed by atoms with Crippen molar-refractivity contribution in [3.8, 4) is 0 Å². The Labute approximate surface area is 150 Å². The zero-order valence-corrected chi connectivity index (χ0v) is 14.4. The molecular weight excluding hydrogens is 330 g/mol. The molecule has 25 heavy (non-hydrogen) atoms. The number of hydrogen-bond acceptors (Lipinski definition) is 3. The Kier molecular flexibility index (Phi) is 3.41. The summed E-state index contributed by atoms with van der Waals surface area (Å²) in [6, 6.07) is 16.3. The number of para-hydroxylation sites is 2. The van der Waals surface area contributed by atoms with E-state index >= 15 is 0 Å². The highest BCUT2D eigenvalue weighted by atomic mass is 32.2. The molecule has 4 nitrogen and oxygen atoms in total. The highest BCUT2D eigenvalue weighted by Crippen LogP contribution is 2.48. The van der Waals surface area contributed by atoms with Gasteiger partial charge < -0.3 is 4.98 Å². The third kappa shape index (κ3) is 2.38. The first-order chi connectivity index (χ1) is 12.3. The Morgan fingerprint density at radius 2 is 1.76 bits per heavy atom. The maximum Gasteiger partial charge on any atom is 0.235 e. The van der Waals surface area contributed by atoms with E-state index in [4.69, 9.17) is 0 Å². The number of fused-ring (bicyclic) bond motifs is 3. The molecule has 1 unspecified atom stereocenters. The van der Waals surface area contributed by atoms with E-state index in [2.05, 4.69) is 22.1 Å². The number of H-pyrrole nitrogens is 1. The van der Waals surface area contributed by atoms with Crippen LogP contribution in [0.4, 0.5) is 11.4 Å². The van der Waals surface area contributed by atoms with Crippen molar-refractivity contribution in [2.75, 3.05) is 4.90 Å². The summed E-state index contributed by atoms with van der Waals surface area (Å²) in [6.45, 7) is 0. The zero-order chi connectivity index (χ0) is 16.8. The molecule has 0 saturated carbocycles. The van der Waals surface area contributed by atoms with Crippen molar-refractivity contribution in [2.45, 2.75) is 29.1 Å². The molecule has 1 aromatic heterocycles. The van der Waals surface area contributed by atoms with Gasteiger partial charge in [0, 0.05) is 27.8 Å². The second-order valence-corrected chi connectivity index (χ2v) is 7.56. The standard InChI is InChI=1S/C20H17N3OS/c24-20(13-9-10-14-15(11-13)22-12-21-14)23-16-5-1-3-7-18(16)25-19-8-4-2-6-17(19)23/h1-8,12-13H,9-11H2,(H,21,22). The molecule has 0 saturated heterocycles. The lowest BCUT2D eigenvalue weighted by Gasteiger charge is -2.34. The fraction of sp³-hybridized carbons (Fsp3) is 0.200. The smallest absolute Gasteiger partial charge is 0.235 e. The van der Waals surface area contributed by atoms with Crippen LogP contribution in [0.1, 0.15) is 17.8 Å². The number of aromatic nitrogens is 2. The highest BCUT2D eigenvalue weighted by Gasteiger charge is 2.34. The number of amides is 1. The van der Waals surface area contributed by atoms with Crippen LogP contribution in [0.15, 0.2) is 64.6 Å². The van der Waals surface area contributed by atoms with Crippen molar-refractivity contribution in [1.29, 1.82) is 0 Å². The second-order valence-electron chi connectivity index (χ2n) is 6.48. The molecule has 3 aromatic rings. The zero-order valence-electron chi connectivity index (χ0n) is 13.6. The van der Waals surface area contributed by atoms with Crippen molar-refractivity contribution >= 4 is 29.0 Å². The molecule has 0 bridgehead atoms. The third-order valence-corrected chi connectivity index (χ3v) is 6.12. The van der Waals surface area contributed by atoms with Crippen molar-refractivity contribution in [2.24, 2.45) is 5.92 Å². The minimum absolute atomic E-state index is 0.0165. The number of aromatic amines is 1. The Morgan fingerprint density at radius 3 is 2.48 bits per heavy atom. The van der Waals surface area contributed by atoms with Gasteiger partial charge in [-0.25, -0.2) is 4.98 Å². The van der Waals surface area contributed by atoms with Gasteiger partial charge in [0.05, 0.1) is 23.4 Å². The molecule has 1 aliphatic heterocycles. The summed E-state index contributed by atoms with van der Waals surface area (Å²) >= 11 is 1.73. The molecular formula is C20H17N3OS. The first-order valence-electron chi connectivity index (χ1n) is 8.52. The quantitative estimate of drug-likeness (QED) is 0.712. The molecule has 5 heteroatoms. The van der Waals surface area contributed by atoms with Gasteiger partial charge in [0.25, 0.3) is 0 Å². The van der Waals surface area contributed by atoms with Crippen LogP contribution < -0.4 is 4.90 Å². The number of aryl methyl sites for hydroxylation is 1. The molecule has 5 rings (SSSR count). The minimum atomic E-state index is -0.0165. The van der Waals surface area contributed by atoms with Crippen LogP contribution in [0.5, 0.6) is 0 Å². The number of rotatable bonds is 1. The molecule has 1 aliphatic carbocycles. The van der Waals surface area contributed by atoms with E-state index in [0.29, 0.717) is 0 Å². The van der Waals surface area contributed by atoms with Crippen molar-refractivity contribution in [3.05, 3.63) is 66.2 Å². The maximum absolute atomic E-state index is 13.5. The van der Waals surface area contributed by atoms with Gasteiger partial charge >= 0.3 is 0 Å². The lowest BCUT2D eigenvalue weighted by Crippen LogP contribution is -2.36. The first-order valence-corrected chi connectivity index (χ1v) is 9.34. The maximum atomic E-state index is 13.5. The fourth-order valence-electron chi connectivity index (χ4n) is 3.74. The normalized spacial score (nSPS) is 18.2. The molecule has 2 heterocycles. The van der Waals surface area contributed by atoms with Crippen molar-refractivity contribution in [3.63, 3.8) is 0 Å². The monoisotopic (exact) mass is 347 g/mol. The predicted octanol–water partition coefficient (Wildman–Crippen LogP) is 4.34. The van der Waals surface area contributed by atoms with Gasteiger partial charge in [-0.2, -0.15) is 0 Å². The summed E-state index contributed by atoms with van der Waals surface area (Å²) in [4.78, 5) is 25.2. The minimum Gasteiger partial charge on any atom is -0.348 e. The average molecular weight is 347 g/mol. The molecule has 2 aliphatic rings. The summed E-state index contributed by atoms with van der Waals surface area (Å²) in [6.07, 6.45) is 4.19. The van der Waals surface area contributed by atoms with Crippen LogP contribution in [0.2, 0.25) is 0 Å². The number of benzene rings is 2. The number of carbonyl (C=O) groups excluding carboxylic acids is 1. The summed E-state index contributed by atoms with van der Waals surface area (Å²) in [7, 11) is 0. The first kappa shape index (κ1) is 14.8. The summed E-state index contributed by atoms with van der Waals surface area (Å²) < 4.78 is 0. The number of carbonyl (C=O) groups is 1. The van der Waals surface area contributed by atoms with Gasteiger partial charge in [0.15, 0.2) is 0 Å². The topological polar surface area (TPSA) is 49.0 Å². The summed E-state index contributed by atoms with van der Waals surface area (Å²) in [5, 5.41) is 0. The molecule has 1 N–H and O–H groups in total. The van der Waals surface area contributed by atoms with E-state index in [9.17, 15) is 4.79 Å². The predicted molar refractivity (Wildman–Crippen MR) is 98.3 cm³/mol. The van der Waals surface area contributed by atoms with Gasteiger partial charge in [0.1, 0.15) is 0 Å². The van der Waals surface area contributed by atoms with Crippen LogP contribution in [-0.4, -0.2) is 15.9 Å². The van der Waals surface area contributed by atoms with Gasteiger partial charge in [-0.3, -0.25) is 9.69 Å². The van der Waals surface area contributed by atoms with E-state index in [-0.39, 0.29) is 11.8 Å². The Balaban J connectivity index is 1.56. The van der Waals surface area contributed by atoms with Crippen LogP contribution in [0.3, 0.4) is 0 Å². The fourth-order valence-corrected chi connectivity index (χ4v) is 4.79. The number of imidazole rings is 1. The van der Waals surface area contributed by atoms with Crippen LogP contribution >= 0.6 is 11.8 Å². The van der Waals surface area contributed by atoms with Crippen LogP contribution in [-0.2, 0) is 17.6 Å². The van der Waals surface area contributed by atoms with E-state index < -0.39 is 0 Å². The molecule has 0 fully saturated rings. The molecule has 1 amide bonds. The second kappa shape index (κ2) is 5.77. The Hall–Kier alpha value is -2.53. The summed E-state index contributed by atoms with van der Waals surface area (Å²) in [5.74, 6) is 0.164. The van der Waals surface area contributed by atoms with E-state index in [1.54, 1.807) is 18.1 Å². The highest BCUT2D eigenvalue weighted by molar-refractivity contribution is 7.99. The molecule has 0 radical (unpaired) electrons. The SMILES string of the molecule is O=C(C1CCc2nc[nH]c2C1)N1c2ccccc2Sc2ccccc21. The number of nitrogens with one attached hydrogen (secondary N) is 1. The number of anilines is 2. The lowest BCUT2D eigenvalue weighted by atomic mass is 9.88. The molecule has 0 spiro atoms. The Morgan fingerprint density at radius 1 is 1.08 bits per heavy atom.